The molecule has 1 nitrogen and oxygen atoms in total. The largest absolute Gasteiger partial charge is 0.359 e. The third kappa shape index (κ3) is 6.00. The SMILES string of the molecule is CCc1ccc(NC2=CCC(c3ccc(/C=C4/CCCC(CC)CC4)cc3)=CC2)cc1. The molecule has 1 heteroatoms. The summed E-state index contributed by atoms with van der Waals surface area (Å²) in [5.41, 5.74) is 9.66. The highest BCUT2D eigenvalue weighted by Crippen LogP contribution is 2.31. The fraction of sp³-hybridized carbons (Fsp3) is 0.400. The summed E-state index contributed by atoms with van der Waals surface area (Å²) in [6, 6.07) is 18.0. The Morgan fingerprint density at radius 2 is 1.68 bits per heavy atom. The minimum atomic E-state index is 0.939. The van der Waals surface area contributed by atoms with Crippen molar-refractivity contribution in [1.29, 1.82) is 0 Å². The molecule has 0 amide bonds. The van der Waals surface area contributed by atoms with Crippen LogP contribution in [0.1, 0.15) is 81.9 Å². The maximum atomic E-state index is 3.58. The van der Waals surface area contributed by atoms with E-state index >= 15 is 0 Å². The van der Waals surface area contributed by atoms with E-state index in [4.69, 9.17) is 0 Å². The molecule has 31 heavy (non-hydrogen) atoms. The van der Waals surface area contributed by atoms with Gasteiger partial charge in [0, 0.05) is 17.8 Å². The molecule has 0 spiro atoms. The zero-order valence-electron chi connectivity index (χ0n) is 19.3. The first-order valence-corrected chi connectivity index (χ1v) is 12.3. The first-order valence-electron chi connectivity index (χ1n) is 12.3. The predicted molar refractivity (Wildman–Crippen MR) is 136 cm³/mol. The molecule has 1 saturated carbocycles. The summed E-state index contributed by atoms with van der Waals surface area (Å²) in [5.74, 6) is 0.939. The topological polar surface area (TPSA) is 12.0 Å². The van der Waals surface area contributed by atoms with Crippen LogP contribution in [0.5, 0.6) is 0 Å². The Bertz CT molecular complexity index is 941. The molecule has 2 aliphatic carbocycles. The lowest BCUT2D eigenvalue weighted by atomic mass is 9.95. The van der Waals surface area contributed by atoms with E-state index in [9.17, 15) is 0 Å². The van der Waals surface area contributed by atoms with Crippen LogP contribution in [-0.4, -0.2) is 0 Å². The van der Waals surface area contributed by atoms with Crippen molar-refractivity contribution >= 4 is 17.3 Å². The first-order chi connectivity index (χ1) is 15.2. The smallest absolute Gasteiger partial charge is 0.0381 e. The fourth-order valence-electron chi connectivity index (χ4n) is 4.84. The summed E-state index contributed by atoms with van der Waals surface area (Å²) in [5, 5.41) is 3.58. The summed E-state index contributed by atoms with van der Waals surface area (Å²) < 4.78 is 0. The van der Waals surface area contributed by atoms with Gasteiger partial charge in [0.05, 0.1) is 0 Å². The van der Waals surface area contributed by atoms with Gasteiger partial charge >= 0.3 is 0 Å². The Balaban J connectivity index is 1.34. The second-order valence-corrected chi connectivity index (χ2v) is 9.17. The van der Waals surface area contributed by atoms with Crippen LogP contribution in [0.15, 0.2) is 72.0 Å². The second-order valence-electron chi connectivity index (χ2n) is 9.17. The lowest BCUT2D eigenvalue weighted by Crippen LogP contribution is -2.02. The molecule has 0 aliphatic heterocycles. The Morgan fingerprint density at radius 3 is 2.35 bits per heavy atom. The van der Waals surface area contributed by atoms with Crippen molar-refractivity contribution in [3.63, 3.8) is 0 Å². The average Bonchev–Trinajstić information content (AvgIpc) is 3.06. The quantitative estimate of drug-likeness (QED) is 0.468. The second kappa shape index (κ2) is 10.7. The van der Waals surface area contributed by atoms with E-state index in [0.29, 0.717) is 0 Å². The van der Waals surface area contributed by atoms with Crippen LogP contribution in [0, 0.1) is 5.92 Å². The van der Waals surface area contributed by atoms with Crippen molar-refractivity contribution in [2.75, 3.05) is 5.32 Å². The van der Waals surface area contributed by atoms with Gasteiger partial charge in [0.25, 0.3) is 0 Å². The highest BCUT2D eigenvalue weighted by atomic mass is 14.9. The van der Waals surface area contributed by atoms with Gasteiger partial charge in [0.1, 0.15) is 0 Å². The van der Waals surface area contributed by atoms with Gasteiger partial charge in [0.15, 0.2) is 0 Å². The zero-order valence-corrected chi connectivity index (χ0v) is 19.3. The molecular weight excluding hydrogens is 374 g/mol. The van der Waals surface area contributed by atoms with Crippen molar-refractivity contribution in [3.05, 3.63) is 88.6 Å². The number of hydrogen-bond donors (Lipinski definition) is 1. The Hall–Kier alpha value is -2.54. The molecule has 1 atom stereocenters. The van der Waals surface area contributed by atoms with Gasteiger partial charge in [-0.25, -0.2) is 0 Å². The summed E-state index contributed by atoms with van der Waals surface area (Å²) in [6.45, 7) is 4.54. The van der Waals surface area contributed by atoms with E-state index in [1.165, 1.54) is 72.2 Å². The Morgan fingerprint density at radius 1 is 0.871 bits per heavy atom. The zero-order chi connectivity index (χ0) is 21.5. The van der Waals surface area contributed by atoms with Gasteiger partial charge in [-0.05, 0) is 78.8 Å². The number of benzene rings is 2. The monoisotopic (exact) mass is 411 g/mol. The van der Waals surface area contributed by atoms with Crippen LogP contribution < -0.4 is 5.32 Å². The summed E-state index contributed by atoms with van der Waals surface area (Å²) in [6.07, 6.45) is 18.3. The van der Waals surface area contributed by atoms with E-state index in [2.05, 4.69) is 85.9 Å². The highest BCUT2D eigenvalue weighted by Gasteiger charge is 2.13. The molecular formula is C30H37N. The fourth-order valence-corrected chi connectivity index (χ4v) is 4.84. The number of aryl methyl sites for hydroxylation is 1. The molecule has 0 aromatic heterocycles. The summed E-state index contributed by atoms with van der Waals surface area (Å²) in [7, 11) is 0. The van der Waals surface area contributed by atoms with E-state index in [-0.39, 0.29) is 0 Å². The third-order valence-electron chi connectivity index (χ3n) is 7.02. The van der Waals surface area contributed by atoms with Gasteiger partial charge < -0.3 is 5.32 Å². The molecule has 2 aromatic carbocycles. The van der Waals surface area contributed by atoms with E-state index < -0.39 is 0 Å². The molecule has 0 saturated heterocycles. The van der Waals surface area contributed by atoms with Crippen molar-refractivity contribution in [2.24, 2.45) is 5.92 Å². The van der Waals surface area contributed by atoms with Gasteiger partial charge in [0.2, 0.25) is 0 Å². The molecule has 1 unspecified atom stereocenters. The molecule has 2 aliphatic rings. The minimum absolute atomic E-state index is 0.939. The van der Waals surface area contributed by atoms with Crippen LogP contribution in [0.25, 0.3) is 11.6 Å². The number of nitrogens with one attached hydrogen (secondary N) is 1. The lowest BCUT2D eigenvalue weighted by molar-refractivity contribution is 0.449. The van der Waals surface area contributed by atoms with Crippen LogP contribution >= 0.6 is 0 Å². The number of rotatable bonds is 6. The molecule has 1 N–H and O–H groups in total. The van der Waals surface area contributed by atoms with Crippen molar-refractivity contribution in [3.8, 4) is 0 Å². The van der Waals surface area contributed by atoms with Crippen LogP contribution in [-0.2, 0) is 6.42 Å². The molecule has 2 aromatic rings. The van der Waals surface area contributed by atoms with E-state index in [1.807, 2.05) is 0 Å². The van der Waals surface area contributed by atoms with Gasteiger partial charge in [-0.1, -0.05) is 86.9 Å². The van der Waals surface area contributed by atoms with Crippen LogP contribution in [0.4, 0.5) is 5.69 Å². The lowest BCUT2D eigenvalue weighted by Gasteiger charge is -2.16. The third-order valence-corrected chi connectivity index (χ3v) is 7.02. The van der Waals surface area contributed by atoms with Gasteiger partial charge in [-0.3, -0.25) is 0 Å². The highest BCUT2D eigenvalue weighted by molar-refractivity contribution is 5.70. The molecule has 1 fully saturated rings. The summed E-state index contributed by atoms with van der Waals surface area (Å²) in [4.78, 5) is 0. The minimum Gasteiger partial charge on any atom is -0.359 e. The Labute approximate surface area is 189 Å². The average molecular weight is 412 g/mol. The van der Waals surface area contributed by atoms with E-state index in [1.54, 1.807) is 5.57 Å². The van der Waals surface area contributed by atoms with Gasteiger partial charge in [-0.15, -0.1) is 0 Å². The van der Waals surface area contributed by atoms with E-state index in [0.717, 1.165) is 25.2 Å². The van der Waals surface area contributed by atoms with Gasteiger partial charge in [-0.2, -0.15) is 0 Å². The summed E-state index contributed by atoms with van der Waals surface area (Å²) >= 11 is 0. The molecule has 0 heterocycles. The van der Waals surface area contributed by atoms with Crippen molar-refractivity contribution in [2.45, 2.75) is 71.6 Å². The molecule has 0 bridgehead atoms. The number of anilines is 1. The normalized spacial score (nSPS) is 20.7. The number of hydrogen-bond acceptors (Lipinski definition) is 1. The van der Waals surface area contributed by atoms with Crippen molar-refractivity contribution < 1.29 is 0 Å². The molecule has 0 radical (unpaired) electrons. The predicted octanol–water partition coefficient (Wildman–Crippen LogP) is 8.80. The first kappa shape index (κ1) is 21.7. The molecule has 162 valence electrons. The maximum Gasteiger partial charge on any atom is 0.0381 e. The van der Waals surface area contributed by atoms with Crippen LogP contribution in [0.2, 0.25) is 0 Å². The molecule has 4 rings (SSSR count). The van der Waals surface area contributed by atoms with Crippen molar-refractivity contribution in [1.82, 2.24) is 0 Å². The Kier molecular flexibility index (Phi) is 7.46. The maximum absolute atomic E-state index is 3.58. The standard InChI is InChI=1S/C30H37N/c1-3-23-6-5-7-25(9-8-23)22-26-10-14-27(15-11-26)28-16-20-30(21-17-28)31-29-18-12-24(4-2)13-19-29/h10-16,18-19,21-23,31H,3-9,17,20H2,1-2H3/b25-22-. The number of allylic oxidation sites excluding steroid dienone is 4. The van der Waals surface area contributed by atoms with Crippen LogP contribution in [0.3, 0.4) is 0 Å².